The number of carboxylic acid groups (broad SMARTS) is 1. The molecule has 0 bridgehead atoms. The number of aliphatic carboxylic acids is 1. The molecule has 0 atom stereocenters. The van der Waals surface area contributed by atoms with E-state index in [4.69, 9.17) is 0 Å². The molecule has 20 heavy (non-hydrogen) atoms. The van der Waals surface area contributed by atoms with Crippen LogP contribution in [0.4, 0.5) is 0 Å². The lowest BCUT2D eigenvalue weighted by Crippen LogP contribution is -2.38. The zero-order chi connectivity index (χ0) is 14.8. The molecule has 1 N–H and O–H groups in total. The second-order valence-electron chi connectivity index (χ2n) is 6.77. The Bertz CT molecular complexity index is 468. The second kappa shape index (κ2) is 5.99. The van der Waals surface area contributed by atoms with E-state index < -0.39 is 11.4 Å². The highest BCUT2D eigenvalue weighted by Crippen LogP contribution is 2.44. The van der Waals surface area contributed by atoms with Gasteiger partial charge in [0.1, 0.15) is 0 Å². The number of hydrogen-bond acceptors (Lipinski definition) is 1. The van der Waals surface area contributed by atoms with E-state index in [-0.39, 0.29) is 0 Å². The average molecular weight is 274 g/mol. The van der Waals surface area contributed by atoms with Gasteiger partial charge in [0, 0.05) is 0 Å². The normalized spacial score (nSPS) is 26.7. The van der Waals surface area contributed by atoms with Crippen molar-refractivity contribution < 1.29 is 9.90 Å². The van der Waals surface area contributed by atoms with Crippen LogP contribution in [0.3, 0.4) is 0 Å². The van der Waals surface area contributed by atoms with E-state index in [2.05, 4.69) is 32.9 Å². The van der Waals surface area contributed by atoms with E-state index in [9.17, 15) is 9.90 Å². The minimum Gasteiger partial charge on any atom is -0.481 e. The zero-order valence-corrected chi connectivity index (χ0v) is 12.9. The standard InChI is InChI=1S/C18H26O2/c1-13(2)15-8-10-18(11-9-15,17(19)20)12-16-7-5-4-6-14(16)3/h4-7,13,15H,8-12H2,1-3H3,(H,19,20). The summed E-state index contributed by atoms with van der Waals surface area (Å²) in [5, 5.41) is 9.77. The molecule has 0 heterocycles. The third-order valence-electron chi connectivity index (χ3n) is 5.17. The van der Waals surface area contributed by atoms with Crippen molar-refractivity contribution in [3.05, 3.63) is 35.4 Å². The molecule has 1 aliphatic carbocycles. The van der Waals surface area contributed by atoms with Gasteiger partial charge in [-0.3, -0.25) is 4.79 Å². The fourth-order valence-electron chi connectivity index (χ4n) is 3.50. The van der Waals surface area contributed by atoms with Crippen LogP contribution in [-0.4, -0.2) is 11.1 Å². The van der Waals surface area contributed by atoms with Gasteiger partial charge in [0.15, 0.2) is 0 Å². The van der Waals surface area contributed by atoms with E-state index in [0.29, 0.717) is 18.3 Å². The van der Waals surface area contributed by atoms with Gasteiger partial charge in [-0.05, 0) is 62.0 Å². The summed E-state index contributed by atoms with van der Waals surface area (Å²) in [5.74, 6) is 0.752. The lowest BCUT2D eigenvalue weighted by atomic mass is 9.65. The maximum absolute atomic E-state index is 11.9. The van der Waals surface area contributed by atoms with Crippen LogP contribution in [0.1, 0.15) is 50.7 Å². The number of carboxylic acids is 1. The first-order valence-corrected chi connectivity index (χ1v) is 7.72. The van der Waals surface area contributed by atoms with E-state index in [1.807, 2.05) is 12.1 Å². The molecule has 1 aromatic rings. The minimum absolute atomic E-state index is 0.544. The van der Waals surface area contributed by atoms with E-state index in [1.165, 1.54) is 11.1 Å². The van der Waals surface area contributed by atoms with E-state index in [0.717, 1.165) is 25.7 Å². The van der Waals surface area contributed by atoms with Crippen molar-refractivity contribution in [1.29, 1.82) is 0 Å². The molecule has 0 amide bonds. The maximum atomic E-state index is 11.9. The van der Waals surface area contributed by atoms with Crippen molar-refractivity contribution in [3.63, 3.8) is 0 Å². The van der Waals surface area contributed by atoms with Crippen LogP contribution in [0.2, 0.25) is 0 Å². The summed E-state index contributed by atoms with van der Waals surface area (Å²) >= 11 is 0. The molecule has 2 heteroatoms. The van der Waals surface area contributed by atoms with Crippen LogP contribution in [0.5, 0.6) is 0 Å². The summed E-state index contributed by atoms with van der Waals surface area (Å²) in [4.78, 5) is 11.9. The third-order valence-corrected chi connectivity index (χ3v) is 5.17. The second-order valence-corrected chi connectivity index (χ2v) is 6.77. The minimum atomic E-state index is -0.608. The number of carbonyl (C=O) groups is 1. The van der Waals surface area contributed by atoms with Gasteiger partial charge in [-0.25, -0.2) is 0 Å². The molecule has 1 aliphatic rings. The highest BCUT2D eigenvalue weighted by atomic mass is 16.4. The van der Waals surface area contributed by atoms with Gasteiger partial charge >= 0.3 is 5.97 Å². The first-order chi connectivity index (χ1) is 9.44. The van der Waals surface area contributed by atoms with E-state index >= 15 is 0 Å². The van der Waals surface area contributed by atoms with Gasteiger partial charge in [-0.2, -0.15) is 0 Å². The highest BCUT2D eigenvalue weighted by Gasteiger charge is 2.42. The lowest BCUT2D eigenvalue weighted by molar-refractivity contribution is -0.151. The summed E-state index contributed by atoms with van der Waals surface area (Å²) in [6, 6.07) is 8.18. The van der Waals surface area contributed by atoms with E-state index in [1.54, 1.807) is 0 Å². The molecule has 2 nitrogen and oxygen atoms in total. The number of aryl methyl sites for hydroxylation is 1. The number of hydrogen-bond donors (Lipinski definition) is 1. The lowest BCUT2D eigenvalue weighted by Gasteiger charge is -2.38. The average Bonchev–Trinajstić information content (AvgIpc) is 2.42. The Hall–Kier alpha value is -1.31. The van der Waals surface area contributed by atoms with Crippen LogP contribution < -0.4 is 0 Å². The van der Waals surface area contributed by atoms with Crippen LogP contribution in [-0.2, 0) is 11.2 Å². The molecule has 0 spiro atoms. The van der Waals surface area contributed by atoms with Gasteiger partial charge in [-0.1, -0.05) is 38.1 Å². The third kappa shape index (κ3) is 3.05. The Morgan fingerprint density at radius 2 is 1.90 bits per heavy atom. The Morgan fingerprint density at radius 3 is 2.40 bits per heavy atom. The van der Waals surface area contributed by atoms with Gasteiger partial charge in [-0.15, -0.1) is 0 Å². The summed E-state index contributed by atoms with van der Waals surface area (Å²) in [6.45, 7) is 6.57. The molecule has 1 saturated carbocycles. The zero-order valence-electron chi connectivity index (χ0n) is 12.9. The molecule has 1 aromatic carbocycles. The smallest absolute Gasteiger partial charge is 0.309 e. The fraction of sp³-hybridized carbons (Fsp3) is 0.611. The summed E-state index contributed by atoms with van der Waals surface area (Å²) in [7, 11) is 0. The van der Waals surface area contributed by atoms with Gasteiger partial charge in [0.05, 0.1) is 5.41 Å². The Balaban J connectivity index is 2.16. The van der Waals surface area contributed by atoms with Crippen molar-refractivity contribution in [1.82, 2.24) is 0 Å². The van der Waals surface area contributed by atoms with Gasteiger partial charge < -0.3 is 5.11 Å². The van der Waals surface area contributed by atoms with Crippen molar-refractivity contribution in [3.8, 4) is 0 Å². The topological polar surface area (TPSA) is 37.3 Å². The largest absolute Gasteiger partial charge is 0.481 e. The van der Waals surface area contributed by atoms with Crippen molar-refractivity contribution in [2.45, 2.75) is 52.9 Å². The monoisotopic (exact) mass is 274 g/mol. The first-order valence-electron chi connectivity index (χ1n) is 7.72. The SMILES string of the molecule is Cc1ccccc1CC1(C(=O)O)CCC(C(C)C)CC1. The quantitative estimate of drug-likeness (QED) is 0.880. The molecule has 110 valence electrons. The Morgan fingerprint density at radius 1 is 1.30 bits per heavy atom. The van der Waals surface area contributed by atoms with Crippen LogP contribution in [0.15, 0.2) is 24.3 Å². The van der Waals surface area contributed by atoms with Gasteiger partial charge in [0.25, 0.3) is 0 Å². The predicted molar refractivity (Wildman–Crippen MR) is 81.7 cm³/mol. The van der Waals surface area contributed by atoms with Crippen molar-refractivity contribution >= 4 is 5.97 Å². The molecule has 0 radical (unpaired) electrons. The Kier molecular flexibility index (Phi) is 4.52. The molecule has 1 fully saturated rings. The van der Waals surface area contributed by atoms with Gasteiger partial charge in [0.2, 0.25) is 0 Å². The highest BCUT2D eigenvalue weighted by molar-refractivity contribution is 5.75. The first kappa shape index (κ1) is 15.1. The molecule has 2 rings (SSSR count). The summed E-state index contributed by atoms with van der Waals surface area (Å²) in [5.41, 5.74) is 1.86. The molecule has 0 aromatic heterocycles. The molecule has 0 unspecified atom stereocenters. The number of rotatable bonds is 4. The molecule has 0 aliphatic heterocycles. The molecule has 0 saturated heterocycles. The molecular weight excluding hydrogens is 248 g/mol. The number of benzene rings is 1. The van der Waals surface area contributed by atoms with Crippen molar-refractivity contribution in [2.75, 3.05) is 0 Å². The van der Waals surface area contributed by atoms with Crippen LogP contribution >= 0.6 is 0 Å². The molecular formula is C18H26O2. The fourth-order valence-corrected chi connectivity index (χ4v) is 3.50. The summed E-state index contributed by atoms with van der Waals surface area (Å²) < 4.78 is 0. The van der Waals surface area contributed by atoms with Crippen LogP contribution in [0, 0.1) is 24.2 Å². The predicted octanol–water partition coefficient (Wildman–Crippen LogP) is 4.45. The van der Waals surface area contributed by atoms with Crippen LogP contribution in [0.25, 0.3) is 0 Å². The van der Waals surface area contributed by atoms with Crippen molar-refractivity contribution in [2.24, 2.45) is 17.3 Å². The maximum Gasteiger partial charge on any atom is 0.309 e. The summed E-state index contributed by atoms with van der Waals surface area (Å²) in [6.07, 6.45) is 4.42. The Labute approximate surface area is 122 Å².